The number of nitrogens with one attached hydrogen (secondary N) is 1. The number of carboxylic acid groups (broad SMARTS) is 1. The minimum absolute atomic E-state index is 0.00254. The van der Waals surface area contributed by atoms with Gasteiger partial charge in [-0.25, -0.2) is 0 Å². The summed E-state index contributed by atoms with van der Waals surface area (Å²) in [6, 6.07) is 10.1. The maximum Gasteiger partial charge on any atom is 0.303 e. The molecule has 94 valence electrons. The lowest BCUT2D eigenvalue weighted by Crippen LogP contribution is -2.29. The van der Waals surface area contributed by atoms with Crippen LogP contribution in [-0.4, -0.2) is 28.8 Å². The Bertz CT molecular complexity index is 340. The molecule has 0 aliphatic rings. The lowest BCUT2D eigenvalue weighted by atomic mass is 10.1. The Kier molecular flexibility index (Phi) is 5.66. The zero-order valence-electron chi connectivity index (χ0n) is 9.97. The Labute approximate surface area is 101 Å². The highest BCUT2D eigenvalue weighted by Gasteiger charge is 2.09. The number of hydrogen-bond acceptors (Lipinski definition) is 3. The molecule has 0 spiro atoms. The number of aliphatic hydroxyl groups excluding tert-OH is 1. The van der Waals surface area contributed by atoms with E-state index in [1.807, 2.05) is 37.3 Å². The van der Waals surface area contributed by atoms with E-state index in [-0.39, 0.29) is 18.9 Å². The summed E-state index contributed by atoms with van der Waals surface area (Å²) in [6.07, 6.45) is -0.330. The fraction of sp³-hybridized carbons (Fsp3) is 0.462. The number of rotatable bonds is 7. The Hall–Kier alpha value is -1.39. The lowest BCUT2D eigenvalue weighted by Gasteiger charge is -2.17. The topological polar surface area (TPSA) is 69.6 Å². The molecule has 0 fully saturated rings. The third-order valence-electron chi connectivity index (χ3n) is 2.65. The summed E-state index contributed by atoms with van der Waals surface area (Å²) in [6.45, 7) is 2.42. The first-order valence-electron chi connectivity index (χ1n) is 5.77. The maximum atomic E-state index is 10.3. The van der Waals surface area contributed by atoms with Gasteiger partial charge in [-0.2, -0.15) is 0 Å². The largest absolute Gasteiger partial charge is 0.481 e. The summed E-state index contributed by atoms with van der Waals surface area (Å²) in [5.74, 6) is -0.875. The second-order valence-electron chi connectivity index (χ2n) is 4.13. The van der Waals surface area contributed by atoms with E-state index in [9.17, 15) is 9.90 Å². The molecule has 0 aromatic heterocycles. The van der Waals surface area contributed by atoms with Crippen molar-refractivity contribution in [2.24, 2.45) is 0 Å². The van der Waals surface area contributed by atoms with Gasteiger partial charge in [0.2, 0.25) is 0 Å². The molecule has 0 heterocycles. The van der Waals surface area contributed by atoms with Crippen LogP contribution >= 0.6 is 0 Å². The molecule has 2 atom stereocenters. The third-order valence-corrected chi connectivity index (χ3v) is 2.65. The molecule has 1 aromatic rings. The van der Waals surface area contributed by atoms with Crippen LogP contribution in [0.1, 0.15) is 31.4 Å². The predicted octanol–water partition coefficient (Wildman–Crippen LogP) is 1.56. The zero-order chi connectivity index (χ0) is 12.7. The van der Waals surface area contributed by atoms with Crippen LogP contribution in [0.5, 0.6) is 0 Å². The van der Waals surface area contributed by atoms with Crippen LogP contribution in [0.3, 0.4) is 0 Å². The van der Waals surface area contributed by atoms with E-state index in [1.165, 1.54) is 0 Å². The second-order valence-corrected chi connectivity index (χ2v) is 4.13. The van der Waals surface area contributed by atoms with Gasteiger partial charge < -0.3 is 15.5 Å². The van der Waals surface area contributed by atoms with Crippen LogP contribution in [0.4, 0.5) is 0 Å². The maximum absolute atomic E-state index is 10.3. The van der Waals surface area contributed by atoms with E-state index in [1.54, 1.807) is 0 Å². The average molecular weight is 237 g/mol. The Balaban J connectivity index is 2.28. The van der Waals surface area contributed by atoms with Crippen LogP contribution in [0.25, 0.3) is 0 Å². The van der Waals surface area contributed by atoms with Crippen LogP contribution in [0.2, 0.25) is 0 Å². The number of aliphatic hydroxyl groups is 1. The summed E-state index contributed by atoms with van der Waals surface area (Å²) < 4.78 is 0. The molecule has 17 heavy (non-hydrogen) atoms. The molecule has 4 nitrogen and oxygen atoms in total. The molecule has 4 heteroatoms. The van der Waals surface area contributed by atoms with E-state index >= 15 is 0 Å². The fourth-order valence-electron chi connectivity index (χ4n) is 1.56. The van der Waals surface area contributed by atoms with Crippen molar-refractivity contribution in [1.82, 2.24) is 5.32 Å². The van der Waals surface area contributed by atoms with E-state index in [2.05, 4.69) is 5.32 Å². The van der Waals surface area contributed by atoms with Crippen LogP contribution in [0.15, 0.2) is 30.3 Å². The zero-order valence-corrected chi connectivity index (χ0v) is 9.97. The quantitative estimate of drug-likeness (QED) is 0.673. The van der Waals surface area contributed by atoms with E-state index in [0.29, 0.717) is 6.54 Å². The molecular weight excluding hydrogens is 218 g/mol. The molecular formula is C13H19NO3. The van der Waals surface area contributed by atoms with Gasteiger partial charge in [0.1, 0.15) is 0 Å². The Morgan fingerprint density at radius 2 is 2.00 bits per heavy atom. The molecule has 1 aromatic carbocycles. The summed E-state index contributed by atoms with van der Waals surface area (Å²) in [7, 11) is 0. The number of carbonyl (C=O) groups is 1. The van der Waals surface area contributed by atoms with Gasteiger partial charge in [0.05, 0.1) is 6.10 Å². The molecule has 0 bridgehead atoms. The van der Waals surface area contributed by atoms with Crippen LogP contribution in [0, 0.1) is 0 Å². The molecule has 2 unspecified atom stereocenters. The third kappa shape index (κ3) is 5.47. The molecule has 0 amide bonds. The number of carboxylic acids is 1. The van der Waals surface area contributed by atoms with Gasteiger partial charge in [0.15, 0.2) is 0 Å². The first-order chi connectivity index (χ1) is 8.09. The van der Waals surface area contributed by atoms with Crippen molar-refractivity contribution in [3.8, 4) is 0 Å². The van der Waals surface area contributed by atoms with Crippen LogP contribution < -0.4 is 5.32 Å². The lowest BCUT2D eigenvalue weighted by molar-refractivity contribution is -0.137. The highest BCUT2D eigenvalue weighted by atomic mass is 16.4. The minimum Gasteiger partial charge on any atom is -0.481 e. The monoisotopic (exact) mass is 237 g/mol. The van der Waals surface area contributed by atoms with Gasteiger partial charge >= 0.3 is 5.97 Å². The SMILES string of the molecule is CC(NCC(O)CCC(=O)O)c1ccccc1. The van der Waals surface area contributed by atoms with Gasteiger partial charge in [-0.05, 0) is 18.9 Å². The summed E-state index contributed by atoms with van der Waals surface area (Å²) in [5, 5.41) is 21.2. The first-order valence-corrected chi connectivity index (χ1v) is 5.77. The average Bonchev–Trinajstić information content (AvgIpc) is 2.34. The molecule has 0 aliphatic carbocycles. The van der Waals surface area contributed by atoms with Crippen LogP contribution in [-0.2, 0) is 4.79 Å². The number of aliphatic carboxylic acids is 1. The highest BCUT2D eigenvalue weighted by molar-refractivity contribution is 5.66. The molecule has 3 N–H and O–H groups in total. The summed E-state index contributed by atoms with van der Waals surface area (Å²) >= 11 is 0. The molecule has 0 radical (unpaired) electrons. The van der Waals surface area contributed by atoms with Crippen molar-refractivity contribution < 1.29 is 15.0 Å². The molecule has 1 rings (SSSR count). The Morgan fingerprint density at radius 3 is 2.59 bits per heavy atom. The van der Waals surface area contributed by atoms with Gasteiger partial charge in [0.25, 0.3) is 0 Å². The molecule has 0 saturated carbocycles. The molecule has 0 saturated heterocycles. The Morgan fingerprint density at radius 1 is 1.35 bits per heavy atom. The standard InChI is InChI=1S/C13H19NO3/c1-10(11-5-3-2-4-6-11)14-9-12(15)7-8-13(16)17/h2-6,10,12,14-15H,7-9H2,1H3,(H,16,17). The van der Waals surface area contributed by atoms with Gasteiger partial charge in [-0.1, -0.05) is 30.3 Å². The van der Waals surface area contributed by atoms with E-state index < -0.39 is 12.1 Å². The minimum atomic E-state index is -0.875. The second kappa shape index (κ2) is 7.04. The van der Waals surface area contributed by atoms with Gasteiger partial charge in [-0.15, -0.1) is 0 Å². The van der Waals surface area contributed by atoms with E-state index in [0.717, 1.165) is 5.56 Å². The van der Waals surface area contributed by atoms with Crippen molar-refractivity contribution >= 4 is 5.97 Å². The van der Waals surface area contributed by atoms with Crippen molar-refractivity contribution in [1.29, 1.82) is 0 Å². The highest BCUT2D eigenvalue weighted by Crippen LogP contribution is 2.11. The summed E-state index contributed by atoms with van der Waals surface area (Å²) in [4.78, 5) is 10.3. The fourth-order valence-corrected chi connectivity index (χ4v) is 1.56. The van der Waals surface area contributed by atoms with Crippen molar-refractivity contribution in [3.05, 3.63) is 35.9 Å². The van der Waals surface area contributed by atoms with Crippen molar-refractivity contribution in [2.75, 3.05) is 6.54 Å². The smallest absolute Gasteiger partial charge is 0.303 e. The normalized spacial score (nSPS) is 14.2. The van der Waals surface area contributed by atoms with Gasteiger partial charge in [-0.3, -0.25) is 4.79 Å². The van der Waals surface area contributed by atoms with E-state index in [4.69, 9.17) is 5.11 Å². The van der Waals surface area contributed by atoms with Crippen molar-refractivity contribution in [2.45, 2.75) is 31.9 Å². The predicted molar refractivity (Wildman–Crippen MR) is 65.7 cm³/mol. The molecule has 0 aliphatic heterocycles. The first kappa shape index (κ1) is 13.7. The van der Waals surface area contributed by atoms with Crippen molar-refractivity contribution in [3.63, 3.8) is 0 Å². The number of hydrogen-bond donors (Lipinski definition) is 3. The summed E-state index contributed by atoms with van der Waals surface area (Å²) in [5.41, 5.74) is 1.15. The van der Waals surface area contributed by atoms with Gasteiger partial charge in [0, 0.05) is 19.0 Å². The number of benzene rings is 1.